The molecule has 0 rings (SSSR count). The van der Waals surface area contributed by atoms with Gasteiger partial charge >= 0.3 is 0 Å². The maximum absolute atomic E-state index is 11.1. The van der Waals surface area contributed by atoms with Crippen LogP contribution in [0.25, 0.3) is 0 Å². The molecule has 19 heavy (non-hydrogen) atoms. The summed E-state index contributed by atoms with van der Waals surface area (Å²) in [5.41, 5.74) is 7.98. The number of hydrogen-bond acceptors (Lipinski definition) is 2. The summed E-state index contributed by atoms with van der Waals surface area (Å²) in [5, 5.41) is 7.15. The van der Waals surface area contributed by atoms with Crippen molar-refractivity contribution in [1.29, 1.82) is 5.41 Å². The van der Waals surface area contributed by atoms with Gasteiger partial charge in [-0.1, -0.05) is 49.8 Å². The molecular weight excluding hydrogens is 236 g/mol. The fourth-order valence-corrected chi connectivity index (χ4v) is 1.46. The second-order valence-electron chi connectivity index (χ2n) is 4.55. The lowest BCUT2D eigenvalue weighted by Crippen LogP contribution is -2.22. The standard InChI is InChI=1S/C16H24N2O/c1-5-6-7-8-12(2)9-13(3)14(4)10-15(11-17)16(18)19/h7-11,15,17H,3,5-6H2,1-2,4H3,(H2,18,19)/b8-7?,12-9-,14-10+,17-11?. The van der Waals surface area contributed by atoms with Crippen molar-refractivity contribution in [3.05, 3.63) is 47.6 Å². The number of hydrogen-bond donors (Lipinski definition) is 2. The lowest BCUT2D eigenvalue weighted by atomic mass is 10.0. The molecule has 1 amide bonds. The van der Waals surface area contributed by atoms with Gasteiger partial charge in [0.25, 0.3) is 0 Å². The average molecular weight is 260 g/mol. The van der Waals surface area contributed by atoms with Crippen LogP contribution >= 0.6 is 0 Å². The molecule has 3 heteroatoms. The first-order valence-electron chi connectivity index (χ1n) is 6.44. The van der Waals surface area contributed by atoms with Crippen molar-refractivity contribution in [1.82, 2.24) is 0 Å². The van der Waals surface area contributed by atoms with Crippen LogP contribution in [0.5, 0.6) is 0 Å². The van der Waals surface area contributed by atoms with Crippen LogP contribution in [0.4, 0.5) is 0 Å². The number of carbonyl (C=O) groups excluding carboxylic acids is 1. The number of allylic oxidation sites excluding steroid dienone is 6. The predicted octanol–water partition coefficient (Wildman–Crippen LogP) is 3.54. The highest BCUT2D eigenvalue weighted by molar-refractivity contribution is 5.93. The molecule has 0 aromatic carbocycles. The van der Waals surface area contributed by atoms with Crippen molar-refractivity contribution in [3.63, 3.8) is 0 Å². The minimum absolute atomic E-state index is 0.523. The van der Waals surface area contributed by atoms with Crippen molar-refractivity contribution < 1.29 is 4.79 Å². The number of rotatable bonds is 8. The van der Waals surface area contributed by atoms with E-state index in [1.54, 1.807) is 6.08 Å². The zero-order valence-electron chi connectivity index (χ0n) is 12.1. The minimum Gasteiger partial charge on any atom is -0.369 e. The molecule has 0 aromatic rings. The van der Waals surface area contributed by atoms with Gasteiger partial charge in [0, 0.05) is 6.21 Å². The number of carbonyl (C=O) groups is 1. The van der Waals surface area contributed by atoms with Gasteiger partial charge in [-0.3, -0.25) is 4.79 Å². The third-order valence-corrected chi connectivity index (χ3v) is 2.68. The summed E-state index contributed by atoms with van der Waals surface area (Å²) in [7, 11) is 0. The molecule has 0 radical (unpaired) electrons. The Bertz CT molecular complexity index is 428. The summed E-state index contributed by atoms with van der Waals surface area (Å²) in [4.78, 5) is 11.1. The quantitative estimate of drug-likeness (QED) is 0.508. The molecule has 0 aliphatic rings. The molecule has 0 aromatic heterocycles. The Morgan fingerprint density at radius 3 is 2.53 bits per heavy atom. The van der Waals surface area contributed by atoms with Crippen LogP contribution in [0.15, 0.2) is 47.6 Å². The van der Waals surface area contributed by atoms with Gasteiger partial charge in [0.15, 0.2) is 0 Å². The first-order chi connectivity index (χ1) is 8.92. The molecule has 0 heterocycles. The highest BCUT2D eigenvalue weighted by Crippen LogP contribution is 2.14. The molecule has 1 atom stereocenters. The maximum Gasteiger partial charge on any atom is 0.229 e. The van der Waals surface area contributed by atoms with Crippen molar-refractivity contribution in [2.75, 3.05) is 0 Å². The first-order valence-corrected chi connectivity index (χ1v) is 6.44. The monoisotopic (exact) mass is 260 g/mol. The first kappa shape index (κ1) is 17.1. The topological polar surface area (TPSA) is 66.9 Å². The van der Waals surface area contributed by atoms with Crippen LogP contribution < -0.4 is 5.73 Å². The molecule has 1 unspecified atom stereocenters. The fraction of sp³-hybridized carbons (Fsp3) is 0.375. The summed E-state index contributed by atoms with van der Waals surface area (Å²) in [5.74, 6) is -1.19. The Morgan fingerprint density at radius 1 is 1.42 bits per heavy atom. The molecule has 104 valence electrons. The second-order valence-corrected chi connectivity index (χ2v) is 4.55. The van der Waals surface area contributed by atoms with Crippen molar-refractivity contribution >= 4 is 12.1 Å². The van der Waals surface area contributed by atoms with E-state index in [1.165, 1.54) is 0 Å². The Hall–Kier alpha value is -1.90. The fourth-order valence-electron chi connectivity index (χ4n) is 1.46. The zero-order valence-corrected chi connectivity index (χ0v) is 12.1. The number of unbranched alkanes of at least 4 members (excludes halogenated alkanes) is 1. The van der Waals surface area contributed by atoms with E-state index in [-0.39, 0.29) is 0 Å². The molecule has 3 nitrogen and oxygen atoms in total. The summed E-state index contributed by atoms with van der Waals surface area (Å²) in [6.45, 7) is 9.97. The van der Waals surface area contributed by atoms with Gasteiger partial charge in [0.2, 0.25) is 5.91 Å². The van der Waals surface area contributed by atoms with E-state index >= 15 is 0 Å². The minimum atomic E-state index is -0.666. The zero-order chi connectivity index (χ0) is 14.8. The third kappa shape index (κ3) is 7.19. The molecule has 0 aliphatic carbocycles. The Kier molecular flexibility index (Phi) is 8.18. The van der Waals surface area contributed by atoms with Crippen LogP contribution in [0.1, 0.15) is 33.6 Å². The van der Waals surface area contributed by atoms with Gasteiger partial charge in [-0.25, -0.2) is 0 Å². The molecule has 0 fully saturated rings. The van der Waals surface area contributed by atoms with Crippen molar-refractivity contribution in [2.45, 2.75) is 33.6 Å². The summed E-state index contributed by atoms with van der Waals surface area (Å²) in [6.07, 6.45) is 11.0. The number of nitrogens with two attached hydrogens (primary N) is 1. The largest absolute Gasteiger partial charge is 0.369 e. The molecule has 3 N–H and O–H groups in total. The lowest BCUT2D eigenvalue weighted by molar-refractivity contribution is -0.118. The Morgan fingerprint density at radius 2 is 2.05 bits per heavy atom. The molecule has 0 aliphatic heterocycles. The summed E-state index contributed by atoms with van der Waals surface area (Å²) in [6, 6.07) is 0. The summed E-state index contributed by atoms with van der Waals surface area (Å²) >= 11 is 0. The molecule has 0 bridgehead atoms. The molecular formula is C16H24N2O. The van der Waals surface area contributed by atoms with Crippen LogP contribution in [0.3, 0.4) is 0 Å². The van der Waals surface area contributed by atoms with Crippen LogP contribution in [-0.2, 0) is 4.79 Å². The van der Waals surface area contributed by atoms with Crippen LogP contribution in [0.2, 0.25) is 0 Å². The van der Waals surface area contributed by atoms with E-state index < -0.39 is 11.8 Å². The van der Waals surface area contributed by atoms with E-state index in [9.17, 15) is 4.79 Å². The molecule has 0 saturated carbocycles. The number of amides is 1. The van der Waals surface area contributed by atoms with Gasteiger partial charge in [0.05, 0.1) is 5.92 Å². The third-order valence-electron chi connectivity index (χ3n) is 2.68. The highest BCUT2D eigenvalue weighted by atomic mass is 16.1. The van der Waals surface area contributed by atoms with Gasteiger partial charge in [-0.15, -0.1) is 0 Å². The summed E-state index contributed by atoms with van der Waals surface area (Å²) < 4.78 is 0. The Balaban J connectivity index is 4.82. The van der Waals surface area contributed by atoms with Crippen LogP contribution in [-0.4, -0.2) is 12.1 Å². The maximum atomic E-state index is 11.1. The number of nitrogens with one attached hydrogen (secondary N) is 1. The van der Waals surface area contributed by atoms with E-state index in [0.29, 0.717) is 0 Å². The van der Waals surface area contributed by atoms with Crippen molar-refractivity contribution in [2.24, 2.45) is 11.7 Å². The van der Waals surface area contributed by atoms with Gasteiger partial charge < -0.3 is 11.1 Å². The Labute approximate surface area is 116 Å². The average Bonchev–Trinajstić information content (AvgIpc) is 2.35. The predicted molar refractivity (Wildman–Crippen MR) is 82.2 cm³/mol. The number of primary amides is 1. The lowest BCUT2D eigenvalue weighted by Gasteiger charge is -2.06. The van der Waals surface area contributed by atoms with E-state index in [0.717, 1.165) is 35.8 Å². The van der Waals surface area contributed by atoms with Crippen LogP contribution in [0, 0.1) is 11.3 Å². The highest BCUT2D eigenvalue weighted by Gasteiger charge is 2.09. The van der Waals surface area contributed by atoms with E-state index in [2.05, 4.69) is 25.7 Å². The van der Waals surface area contributed by atoms with E-state index in [1.807, 2.05) is 19.9 Å². The smallest absolute Gasteiger partial charge is 0.229 e. The second kappa shape index (κ2) is 9.09. The van der Waals surface area contributed by atoms with E-state index in [4.69, 9.17) is 11.1 Å². The van der Waals surface area contributed by atoms with Gasteiger partial charge in [0.1, 0.15) is 0 Å². The van der Waals surface area contributed by atoms with Gasteiger partial charge in [-0.05, 0) is 31.4 Å². The molecule has 0 spiro atoms. The molecule has 0 saturated heterocycles. The van der Waals surface area contributed by atoms with Crippen molar-refractivity contribution in [3.8, 4) is 0 Å². The van der Waals surface area contributed by atoms with Gasteiger partial charge in [-0.2, -0.15) is 0 Å². The SMILES string of the molecule is C=C(/C=C(/C)C=CCCC)/C(C)=C/C(C=N)C(N)=O. The normalized spacial score (nSPS) is 14.5.